The summed E-state index contributed by atoms with van der Waals surface area (Å²) in [5.74, 6) is 0. The fourth-order valence-corrected chi connectivity index (χ4v) is 0. The van der Waals surface area contributed by atoms with Gasteiger partial charge in [0.25, 0.3) is 0 Å². The van der Waals surface area contributed by atoms with Gasteiger partial charge in [0.15, 0.2) is 0 Å². The molecule has 0 saturated heterocycles. The van der Waals surface area contributed by atoms with Crippen molar-refractivity contribution in [2.75, 3.05) is 0 Å². The van der Waals surface area contributed by atoms with Gasteiger partial charge in [-0.2, -0.15) is 0 Å². The second-order valence-corrected chi connectivity index (χ2v) is 0. The Balaban J connectivity index is 0. The van der Waals surface area contributed by atoms with Crippen LogP contribution in [0.2, 0.25) is 0 Å². The van der Waals surface area contributed by atoms with Gasteiger partial charge in [0, 0.05) is 61.8 Å². The van der Waals surface area contributed by atoms with Gasteiger partial charge >= 0.3 is 52.0 Å². The Hall–Kier alpha value is 3.75. The molecule has 0 amide bonds. The number of hydrogen-bond donors (Lipinski definition) is 0. The third-order valence-corrected chi connectivity index (χ3v) is 0. The Morgan fingerprint density at radius 2 is 1.00 bits per heavy atom. The van der Waals surface area contributed by atoms with Crippen molar-refractivity contribution in [2.24, 2.45) is 0 Å². The van der Waals surface area contributed by atoms with E-state index in [-0.39, 0.29) is 114 Å². The van der Waals surface area contributed by atoms with E-state index >= 15 is 0 Å². The summed E-state index contributed by atoms with van der Waals surface area (Å²) in [7, 11) is 0. The Kier molecular flexibility index (Phi) is 188. The van der Waals surface area contributed by atoms with Crippen molar-refractivity contribution in [1.29, 1.82) is 0 Å². The van der Waals surface area contributed by atoms with E-state index in [1.807, 2.05) is 0 Å². The van der Waals surface area contributed by atoms with Gasteiger partial charge in [0.1, 0.15) is 0 Å². The monoisotopic (exact) mass is 697 g/mol. The summed E-state index contributed by atoms with van der Waals surface area (Å²) in [5.41, 5.74) is 0. The van der Waals surface area contributed by atoms with Crippen molar-refractivity contribution in [3.63, 3.8) is 0 Å². The fraction of sp³-hybridized carbons (Fsp3) is 0. The van der Waals surface area contributed by atoms with Crippen molar-refractivity contribution in [2.45, 2.75) is 0 Å². The van der Waals surface area contributed by atoms with Gasteiger partial charge < -0.3 is 0 Å². The second kappa shape index (κ2) is 25.1. The molecule has 0 saturated carbocycles. The standard InChI is InChI=1S/Ag.Au.Bi.Cu.In.6H. The fourth-order valence-electron chi connectivity index (χ4n) is 0. The van der Waals surface area contributed by atoms with Crippen LogP contribution in [0.4, 0.5) is 0 Å². The van der Waals surface area contributed by atoms with Crippen LogP contribution in [-0.2, 0) is 61.8 Å². The first-order chi connectivity index (χ1) is 0. The zero-order chi connectivity index (χ0) is 0. The van der Waals surface area contributed by atoms with E-state index in [0.717, 1.165) is 0 Å². The van der Waals surface area contributed by atoms with Crippen LogP contribution in [0.3, 0.4) is 0 Å². The van der Waals surface area contributed by atoms with Gasteiger partial charge in [-0.3, -0.25) is 0 Å². The molecule has 0 aromatic heterocycles. The topological polar surface area (TPSA) is 0 Å². The van der Waals surface area contributed by atoms with E-state index < -0.39 is 0 Å². The Bertz CT molecular complexity index is 11.6. The molecule has 0 nitrogen and oxygen atoms in total. The molecular formula is H6AgAuBiCuIn. The first-order valence-electron chi connectivity index (χ1n) is 0. The Morgan fingerprint density at radius 3 is 1.00 bits per heavy atom. The number of rotatable bonds is 0. The minimum absolute atomic E-state index is 0. The third kappa shape index (κ3) is 18.2. The summed E-state index contributed by atoms with van der Waals surface area (Å²) in [5, 5.41) is 0. The zero-order valence-electron chi connectivity index (χ0n) is 1.61. The molecule has 0 unspecified atom stereocenters. The molecule has 5 heavy (non-hydrogen) atoms. The van der Waals surface area contributed by atoms with E-state index in [1.54, 1.807) is 0 Å². The van der Waals surface area contributed by atoms with Crippen molar-refractivity contribution in [3.8, 4) is 0 Å². The SMILES string of the molecule is [Ag].[Au].[BiH3].[Cu].[InH3]. The maximum atomic E-state index is 0. The Labute approximate surface area is 111 Å². The van der Waals surface area contributed by atoms with E-state index in [0.29, 0.717) is 0 Å². The molecule has 0 spiro atoms. The average Bonchev–Trinajstić information content (AvgIpc) is 0. The molecule has 0 aromatic carbocycles. The summed E-state index contributed by atoms with van der Waals surface area (Å²) >= 11 is 0. The zero-order valence-corrected chi connectivity index (χ0v) is 11.7. The molecule has 0 fully saturated rings. The first-order valence-corrected chi connectivity index (χ1v) is 0. The molecule has 0 heterocycles. The van der Waals surface area contributed by atoms with Crippen LogP contribution in [-0.4, -0.2) is 52.0 Å². The third-order valence-electron chi connectivity index (χ3n) is 0. The first kappa shape index (κ1) is 37.4. The molecule has 0 aliphatic rings. The van der Waals surface area contributed by atoms with Gasteiger partial charge in [-0.05, 0) is 0 Å². The van der Waals surface area contributed by atoms with Crippen molar-refractivity contribution < 1.29 is 61.8 Å². The maximum absolute atomic E-state index is 0. The molecule has 0 aliphatic carbocycles. The van der Waals surface area contributed by atoms with Crippen LogP contribution in [0, 0.1) is 0 Å². The predicted molar refractivity (Wildman–Crippen MR) is 19.9 cm³/mol. The van der Waals surface area contributed by atoms with Gasteiger partial charge in [0.05, 0.1) is 0 Å². The summed E-state index contributed by atoms with van der Waals surface area (Å²) in [6.07, 6.45) is 0. The van der Waals surface area contributed by atoms with Crippen LogP contribution in [0.1, 0.15) is 0 Å². The number of hydrogen-bond acceptors (Lipinski definition) is 0. The van der Waals surface area contributed by atoms with E-state index in [4.69, 9.17) is 0 Å². The van der Waals surface area contributed by atoms with Gasteiger partial charge in [0.2, 0.25) is 0 Å². The van der Waals surface area contributed by atoms with Crippen LogP contribution < -0.4 is 0 Å². The second-order valence-electron chi connectivity index (χ2n) is 0. The molecule has 3 radical (unpaired) electrons. The predicted octanol–water partition coefficient (Wildman–Crippen LogP) is -2.38. The van der Waals surface area contributed by atoms with Gasteiger partial charge in [-0.15, -0.1) is 0 Å². The molecule has 0 aliphatic heterocycles. The van der Waals surface area contributed by atoms with Gasteiger partial charge in [-0.1, -0.05) is 0 Å². The minimum atomic E-state index is 0. The summed E-state index contributed by atoms with van der Waals surface area (Å²) in [4.78, 5) is 0. The normalized spacial score (nSPS) is 0. The molecule has 0 atom stereocenters. The van der Waals surface area contributed by atoms with Crippen LogP contribution in [0.5, 0.6) is 0 Å². The van der Waals surface area contributed by atoms with E-state index in [2.05, 4.69) is 0 Å². The van der Waals surface area contributed by atoms with Crippen molar-refractivity contribution in [1.82, 2.24) is 0 Å². The van der Waals surface area contributed by atoms with Crippen molar-refractivity contribution >= 4 is 52.0 Å². The van der Waals surface area contributed by atoms with E-state index in [1.165, 1.54) is 0 Å². The average molecular weight is 698 g/mol. The Morgan fingerprint density at radius 1 is 1.00 bits per heavy atom. The molecular weight excluding hydrogens is 692 g/mol. The molecule has 0 N–H and O–H groups in total. The van der Waals surface area contributed by atoms with Crippen LogP contribution >= 0.6 is 0 Å². The molecule has 47 valence electrons. The molecule has 0 rings (SSSR count). The summed E-state index contributed by atoms with van der Waals surface area (Å²) < 4.78 is 0. The van der Waals surface area contributed by atoms with E-state index in [9.17, 15) is 0 Å². The van der Waals surface area contributed by atoms with Crippen LogP contribution in [0.25, 0.3) is 0 Å². The molecule has 0 bridgehead atoms. The van der Waals surface area contributed by atoms with Gasteiger partial charge in [-0.25, -0.2) is 0 Å². The summed E-state index contributed by atoms with van der Waals surface area (Å²) in [6.45, 7) is 0. The molecule has 5 heteroatoms. The quantitative estimate of drug-likeness (QED) is 0.249. The molecule has 0 aromatic rings. The summed E-state index contributed by atoms with van der Waals surface area (Å²) in [6, 6.07) is 0. The van der Waals surface area contributed by atoms with Crippen LogP contribution in [0.15, 0.2) is 0 Å². The van der Waals surface area contributed by atoms with Crippen molar-refractivity contribution in [3.05, 3.63) is 0 Å².